The van der Waals surface area contributed by atoms with Crippen LogP contribution in [0.3, 0.4) is 0 Å². The Kier molecular flexibility index (Phi) is 3.77. The zero-order valence-corrected chi connectivity index (χ0v) is 15.5. The largest absolute Gasteiger partial charge is 0.356 e. The zero-order valence-electron chi connectivity index (χ0n) is 15.5. The molecule has 138 valence electrons. The third kappa shape index (κ3) is 2.90. The van der Waals surface area contributed by atoms with Crippen LogP contribution in [0.5, 0.6) is 0 Å². The van der Waals surface area contributed by atoms with E-state index < -0.39 is 0 Å². The van der Waals surface area contributed by atoms with Gasteiger partial charge in [0.15, 0.2) is 5.82 Å². The number of hydrogen-bond donors (Lipinski definition) is 0. The predicted octanol–water partition coefficient (Wildman–Crippen LogP) is 1.64. The summed E-state index contributed by atoms with van der Waals surface area (Å²) in [7, 11) is 0. The van der Waals surface area contributed by atoms with E-state index in [0.29, 0.717) is 11.8 Å². The highest BCUT2D eigenvalue weighted by atomic mass is 15.3. The Balaban J connectivity index is 1.32. The van der Waals surface area contributed by atoms with Gasteiger partial charge in [-0.05, 0) is 19.9 Å². The SMILES string of the molecule is Cc1cc(C)n(-c2cc(N3CC4CN(c5cnccn5)CC4C3)ncn2)n1. The predicted molar refractivity (Wildman–Crippen MR) is 102 cm³/mol. The van der Waals surface area contributed by atoms with E-state index in [1.807, 2.05) is 30.8 Å². The Bertz CT molecular complexity index is 939. The van der Waals surface area contributed by atoms with Crippen molar-refractivity contribution >= 4 is 11.6 Å². The highest BCUT2D eigenvalue weighted by Crippen LogP contribution is 2.35. The number of aromatic nitrogens is 6. The van der Waals surface area contributed by atoms with Crippen LogP contribution in [0.25, 0.3) is 5.82 Å². The smallest absolute Gasteiger partial charge is 0.159 e. The topological polar surface area (TPSA) is 75.9 Å². The molecule has 0 saturated carbocycles. The van der Waals surface area contributed by atoms with E-state index in [9.17, 15) is 0 Å². The van der Waals surface area contributed by atoms with Crippen LogP contribution in [0.1, 0.15) is 11.4 Å². The van der Waals surface area contributed by atoms with Crippen molar-refractivity contribution in [1.82, 2.24) is 29.7 Å². The molecule has 0 amide bonds. The van der Waals surface area contributed by atoms with Gasteiger partial charge in [-0.3, -0.25) is 4.98 Å². The minimum Gasteiger partial charge on any atom is -0.356 e. The van der Waals surface area contributed by atoms with Crippen LogP contribution in [0, 0.1) is 25.7 Å². The molecule has 0 aliphatic carbocycles. The first-order valence-corrected chi connectivity index (χ1v) is 9.29. The highest BCUT2D eigenvalue weighted by molar-refractivity contribution is 5.47. The molecule has 3 aromatic heterocycles. The summed E-state index contributed by atoms with van der Waals surface area (Å²) >= 11 is 0. The van der Waals surface area contributed by atoms with Gasteiger partial charge in [0.1, 0.15) is 18.0 Å². The average Bonchev–Trinajstić information content (AvgIpc) is 3.35. The molecule has 5 rings (SSSR count). The van der Waals surface area contributed by atoms with Crippen molar-refractivity contribution in [1.29, 1.82) is 0 Å². The third-order valence-corrected chi connectivity index (χ3v) is 5.55. The van der Waals surface area contributed by atoms with Gasteiger partial charge in [0.25, 0.3) is 0 Å². The van der Waals surface area contributed by atoms with Crippen molar-refractivity contribution in [2.24, 2.45) is 11.8 Å². The fourth-order valence-corrected chi connectivity index (χ4v) is 4.31. The highest BCUT2D eigenvalue weighted by Gasteiger charge is 2.41. The Morgan fingerprint density at radius 1 is 0.815 bits per heavy atom. The summed E-state index contributed by atoms with van der Waals surface area (Å²) in [6, 6.07) is 4.10. The van der Waals surface area contributed by atoms with Gasteiger partial charge in [-0.1, -0.05) is 0 Å². The second-order valence-corrected chi connectivity index (χ2v) is 7.47. The lowest BCUT2D eigenvalue weighted by Gasteiger charge is -2.23. The molecule has 0 radical (unpaired) electrons. The second kappa shape index (κ2) is 6.29. The molecule has 0 bridgehead atoms. The summed E-state index contributed by atoms with van der Waals surface area (Å²) in [4.78, 5) is 22.3. The molecule has 8 nitrogen and oxygen atoms in total. The summed E-state index contributed by atoms with van der Waals surface area (Å²) in [5.41, 5.74) is 2.07. The molecule has 2 aliphatic heterocycles. The van der Waals surface area contributed by atoms with Gasteiger partial charge >= 0.3 is 0 Å². The van der Waals surface area contributed by atoms with Crippen molar-refractivity contribution in [2.45, 2.75) is 13.8 Å². The Labute approximate surface area is 157 Å². The number of fused-ring (bicyclic) bond motifs is 1. The van der Waals surface area contributed by atoms with Crippen molar-refractivity contribution in [2.75, 3.05) is 36.0 Å². The molecule has 2 unspecified atom stereocenters. The lowest BCUT2D eigenvalue weighted by Crippen LogP contribution is -2.29. The van der Waals surface area contributed by atoms with Crippen LogP contribution in [-0.4, -0.2) is 55.9 Å². The molecule has 0 N–H and O–H groups in total. The van der Waals surface area contributed by atoms with Crippen LogP contribution in [0.4, 0.5) is 11.6 Å². The minimum atomic E-state index is 0.624. The first-order chi connectivity index (χ1) is 13.2. The van der Waals surface area contributed by atoms with Gasteiger partial charge in [0, 0.05) is 62.2 Å². The fraction of sp³-hybridized carbons (Fsp3) is 0.421. The molecule has 0 spiro atoms. The Morgan fingerprint density at radius 2 is 1.52 bits per heavy atom. The lowest BCUT2D eigenvalue weighted by atomic mass is 10.0. The molecule has 8 heteroatoms. The molecule has 5 heterocycles. The molecule has 2 fully saturated rings. The number of hydrogen-bond acceptors (Lipinski definition) is 7. The first-order valence-electron chi connectivity index (χ1n) is 9.29. The summed E-state index contributed by atoms with van der Waals surface area (Å²) in [6.07, 6.45) is 6.97. The third-order valence-electron chi connectivity index (χ3n) is 5.55. The van der Waals surface area contributed by atoms with E-state index in [1.54, 1.807) is 18.7 Å². The van der Waals surface area contributed by atoms with Gasteiger partial charge in [-0.15, -0.1) is 0 Å². The molecule has 27 heavy (non-hydrogen) atoms. The summed E-state index contributed by atoms with van der Waals surface area (Å²) < 4.78 is 1.88. The maximum atomic E-state index is 4.54. The molecular weight excluding hydrogens is 340 g/mol. The van der Waals surface area contributed by atoms with E-state index >= 15 is 0 Å². The average molecular weight is 362 g/mol. The van der Waals surface area contributed by atoms with Gasteiger partial charge in [0.2, 0.25) is 0 Å². The normalized spacial score (nSPS) is 21.7. The van der Waals surface area contributed by atoms with E-state index in [0.717, 1.165) is 55.0 Å². The lowest BCUT2D eigenvalue weighted by molar-refractivity contribution is 0.533. The number of nitrogens with zero attached hydrogens (tertiary/aromatic N) is 8. The van der Waals surface area contributed by atoms with Crippen molar-refractivity contribution < 1.29 is 0 Å². The number of aryl methyl sites for hydroxylation is 2. The summed E-state index contributed by atoms with van der Waals surface area (Å²) in [5, 5.41) is 4.54. The van der Waals surface area contributed by atoms with Crippen LogP contribution in [-0.2, 0) is 0 Å². The molecule has 2 atom stereocenters. The van der Waals surface area contributed by atoms with E-state index in [-0.39, 0.29) is 0 Å². The summed E-state index contributed by atoms with van der Waals surface area (Å²) in [6.45, 7) is 8.10. The zero-order chi connectivity index (χ0) is 18.4. The molecule has 0 aromatic carbocycles. The van der Waals surface area contributed by atoms with Gasteiger partial charge in [0.05, 0.1) is 11.9 Å². The quantitative estimate of drug-likeness (QED) is 0.701. The molecule has 2 saturated heterocycles. The van der Waals surface area contributed by atoms with Crippen LogP contribution in [0.2, 0.25) is 0 Å². The molecular formula is C19H22N8. The van der Waals surface area contributed by atoms with Crippen LogP contribution >= 0.6 is 0 Å². The maximum absolute atomic E-state index is 4.54. The van der Waals surface area contributed by atoms with E-state index in [1.165, 1.54) is 0 Å². The van der Waals surface area contributed by atoms with E-state index in [2.05, 4.69) is 40.9 Å². The first kappa shape index (κ1) is 16.2. The fourth-order valence-electron chi connectivity index (χ4n) is 4.31. The van der Waals surface area contributed by atoms with Crippen molar-refractivity contribution in [3.05, 3.63) is 48.4 Å². The standard InChI is InChI=1S/C19H22N8/c1-13-5-14(2)27(24-13)18-6-17(22-12-23-18)25-8-15-10-26(11-16(15)9-25)19-7-20-3-4-21-19/h3-7,12,15-16H,8-11H2,1-2H3. The van der Waals surface area contributed by atoms with Gasteiger partial charge in [-0.2, -0.15) is 5.10 Å². The summed E-state index contributed by atoms with van der Waals surface area (Å²) in [5.74, 6) is 4.03. The Hall–Kier alpha value is -3.03. The van der Waals surface area contributed by atoms with Crippen LogP contribution < -0.4 is 9.80 Å². The maximum Gasteiger partial charge on any atom is 0.159 e. The van der Waals surface area contributed by atoms with Crippen molar-refractivity contribution in [3.8, 4) is 5.82 Å². The van der Waals surface area contributed by atoms with Gasteiger partial charge < -0.3 is 9.80 Å². The minimum absolute atomic E-state index is 0.624. The number of anilines is 2. The van der Waals surface area contributed by atoms with Crippen LogP contribution in [0.15, 0.2) is 37.1 Å². The Morgan fingerprint density at radius 3 is 2.15 bits per heavy atom. The molecule has 3 aromatic rings. The van der Waals surface area contributed by atoms with E-state index in [4.69, 9.17) is 0 Å². The van der Waals surface area contributed by atoms with Gasteiger partial charge in [-0.25, -0.2) is 19.6 Å². The second-order valence-electron chi connectivity index (χ2n) is 7.47. The van der Waals surface area contributed by atoms with Crippen molar-refractivity contribution in [3.63, 3.8) is 0 Å². The number of rotatable bonds is 3. The monoisotopic (exact) mass is 362 g/mol. The molecule has 2 aliphatic rings.